The van der Waals surface area contributed by atoms with Crippen LogP contribution in [0.25, 0.3) is 0 Å². The molecule has 0 rings (SSSR count). The molecular formula is C17H31N3O4. The van der Waals surface area contributed by atoms with E-state index in [1.807, 2.05) is 13.8 Å². The van der Waals surface area contributed by atoms with Crippen LogP contribution in [0.5, 0.6) is 0 Å². The highest BCUT2D eigenvalue weighted by Gasteiger charge is 2.23. The van der Waals surface area contributed by atoms with Gasteiger partial charge < -0.3 is 16.0 Å². The van der Waals surface area contributed by atoms with Gasteiger partial charge in [0.15, 0.2) is 5.78 Å². The van der Waals surface area contributed by atoms with Crippen molar-refractivity contribution in [3.63, 3.8) is 0 Å². The fraction of sp³-hybridized carbons (Fsp3) is 0.765. The molecule has 0 aromatic heterocycles. The minimum absolute atomic E-state index is 0.0375. The molecule has 0 bridgehead atoms. The zero-order valence-corrected chi connectivity index (χ0v) is 15.4. The van der Waals surface area contributed by atoms with Crippen molar-refractivity contribution in [3.8, 4) is 0 Å². The molecule has 0 saturated carbocycles. The molecule has 7 nitrogen and oxygen atoms in total. The molecule has 138 valence electrons. The Hall–Kier alpha value is -1.76. The Bertz CT molecular complexity index is 451. The number of ketones is 2. The van der Waals surface area contributed by atoms with E-state index in [1.165, 1.54) is 6.92 Å². The molecule has 3 atom stereocenters. The highest BCUT2D eigenvalue weighted by atomic mass is 16.2. The van der Waals surface area contributed by atoms with Gasteiger partial charge in [0.25, 0.3) is 0 Å². The number of carbonyl (C=O) groups excluding carboxylic acids is 4. The first kappa shape index (κ1) is 22.2. The predicted molar refractivity (Wildman–Crippen MR) is 92.4 cm³/mol. The van der Waals surface area contributed by atoms with Crippen LogP contribution in [0.2, 0.25) is 0 Å². The van der Waals surface area contributed by atoms with Crippen molar-refractivity contribution in [2.45, 2.75) is 53.5 Å². The Morgan fingerprint density at radius 3 is 1.92 bits per heavy atom. The summed E-state index contributed by atoms with van der Waals surface area (Å²) in [5.41, 5.74) is 0. The van der Waals surface area contributed by atoms with Crippen LogP contribution in [0.3, 0.4) is 0 Å². The molecule has 0 aromatic carbocycles. The summed E-state index contributed by atoms with van der Waals surface area (Å²) >= 11 is 0. The normalized spacial score (nSPS) is 14.4. The van der Waals surface area contributed by atoms with E-state index < -0.39 is 6.04 Å². The molecule has 3 unspecified atom stereocenters. The third kappa shape index (κ3) is 8.76. The van der Waals surface area contributed by atoms with Gasteiger partial charge in [0.05, 0.1) is 13.1 Å². The van der Waals surface area contributed by atoms with Crippen LogP contribution >= 0.6 is 0 Å². The summed E-state index contributed by atoms with van der Waals surface area (Å²) in [6.45, 7) is 8.91. The van der Waals surface area contributed by atoms with E-state index in [2.05, 4.69) is 16.0 Å². The van der Waals surface area contributed by atoms with Crippen LogP contribution < -0.4 is 16.0 Å². The molecule has 0 aliphatic rings. The number of hydrogen-bond acceptors (Lipinski definition) is 5. The van der Waals surface area contributed by atoms with E-state index in [0.717, 1.165) is 0 Å². The summed E-state index contributed by atoms with van der Waals surface area (Å²) in [7, 11) is 0. The van der Waals surface area contributed by atoms with Gasteiger partial charge in [-0.1, -0.05) is 27.7 Å². The van der Waals surface area contributed by atoms with Crippen LogP contribution in [0.4, 0.5) is 0 Å². The molecule has 0 fully saturated rings. The Morgan fingerprint density at radius 1 is 0.875 bits per heavy atom. The molecule has 0 aromatic rings. The first-order valence-electron chi connectivity index (χ1n) is 8.53. The van der Waals surface area contributed by atoms with Crippen LogP contribution in [0.15, 0.2) is 0 Å². The van der Waals surface area contributed by atoms with Crippen LogP contribution in [-0.2, 0) is 19.2 Å². The molecule has 3 N–H and O–H groups in total. The molecule has 7 heteroatoms. The number of rotatable bonds is 12. The quantitative estimate of drug-likeness (QED) is 0.477. The summed E-state index contributed by atoms with van der Waals surface area (Å²) in [6.07, 6.45) is 1.36. The fourth-order valence-electron chi connectivity index (χ4n) is 1.79. The lowest BCUT2D eigenvalue weighted by atomic mass is 10.1. The van der Waals surface area contributed by atoms with E-state index >= 15 is 0 Å². The van der Waals surface area contributed by atoms with E-state index in [4.69, 9.17) is 0 Å². The van der Waals surface area contributed by atoms with Gasteiger partial charge >= 0.3 is 0 Å². The van der Waals surface area contributed by atoms with Crippen molar-refractivity contribution in [1.29, 1.82) is 0 Å². The van der Waals surface area contributed by atoms with Crippen LogP contribution in [0.1, 0.15) is 47.5 Å². The zero-order chi connectivity index (χ0) is 18.7. The van der Waals surface area contributed by atoms with E-state index in [9.17, 15) is 19.2 Å². The Morgan fingerprint density at radius 2 is 1.42 bits per heavy atom. The first-order valence-corrected chi connectivity index (χ1v) is 8.53. The molecule has 0 spiro atoms. The Labute approximate surface area is 144 Å². The van der Waals surface area contributed by atoms with Gasteiger partial charge in [-0.3, -0.25) is 19.2 Å². The lowest BCUT2D eigenvalue weighted by Crippen LogP contribution is -2.52. The number of Topliss-reactive ketones (excluding diaryl/α,β-unsaturated/α-hetero) is 2. The molecular weight excluding hydrogens is 310 g/mol. The maximum absolute atomic E-state index is 12.3. The van der Waals surface area contributed by atoms with Crippen molar-refractivity contribution in [2.75, 3.05) is 19.6 Å². The minimum Gasteiger partial charge on any atom is -0.353 e. The summed E-state index contributed by atoms with van der Waals surface area (Å²) in [4.78, 5) is 47.1. The van der Waals surface area contributed by atoms with E-state index in [1.54, 1.807) is 13.8 Å². The van der Waals surface area contributed by atoms with Crippen molar-refractivity contribution < 1.29 is 19.2 Å². The summed E-state index contributed by atoms with van der Waals surface area (Å²) < 4.78 is 0. The number of nitrogens with one attached hydrogen (secondary N) is 3. The average Bonchev–Trinajstić information content (AvgIpc) is 2.55. The van der Waals surface area contributed by atoms with E-state index in [0.29, 0.717) is 12.8 Å². The van der Waals surface area contributed by atoms with Gasteiger partial charge in [0, 0.05) is 18.4 Å². The first-order chi connectivity index (χ1) is 11.2. The van der Waals surface area contributed by atoms with Crippen LogP contribution in [0, 0.1) is 11.8 Å². The molecule has 24 heavy (non-hydrogen) atoms. The summed E-state index contributed by atoms with van der Waals surface area (Å²) in [5.74, 6) is -1.08. The minimum atomic E-state index is -0.807. The fourth-order valence-corrected chi connectivity index (χ4v) is 1.79. The van der Waals surface area contributed by atoms with Crippen LogP contribution in [-0.4, -0.2) is 49.1 Å². The Kier molecular flexibility index (Phi) is 10.9. The molecule has 0 aliphatic heterocycles. The third-order valence-corrected chi connectivity index (χ3v) is 3.98. The standard InChI is InChI=1S/C17H31N3O4/c1-6-11(3)16(23)19-9-14(20-17(24)12(4)7-2)15(22)10-18-8-13(5)21/h11-12,14,18H,6-10H2,1-5H3,(H,19,23)(H,20,24). The molecule has 0 saturated heterocycles. The molecule has 0 heterocycles. The van der Waals surface area contributed by atoms with Gasteiger partial charge in [-0.25, -0.2) is 0 Å². The lowest BCUT2D eigenvalue weighted by Gasteiger charge is -2.21. The average molecular weight is 341 g/mol. The number of hydrogen-bond donors (Lipinski definition) is 3. The molecule has 2 amide bonds. The zero-order valence-electron chi connectivity index (χ0n) is 15.4. The van der Waals surface area contributed by atoms with Gasteiger partial charge in [0.2, 0.25) is 11.8 Å². The van der Waals surface area contributed by atoms with Crippen molar-refractivity contribution in [2.24, 2.45) is 11.8 Å². The van der Waals surface area contributed by atoms with E-state index in [-0.39, 0.29) is 54.9 Å². The SMILES string of the molecule is CCC(C)C(=O)NCC(NC(=O)C(C)CC)C(=O)CNCC(C)=O. The van der Waals surface area contributed by atoms with Gasteiger partial charge in [-0.2, -0.15) is 0 Å². The monoisotopic (exact) mass is 341 g/mol. The number of carbonyl (C=O) groups is 4. The largest absolute Gasteiger partial charge is 0.353 e. The summed E-state index contributed by atoms with van der Waals surface area (Å²) in [5, 5.41) is 8.14. The second kappa shape index (κ2) is 11.7. The molecule has 0 radical (unpaired) electrons. The maximum Gasteiger partial charge on any atom is 0.223 e. The summed E-state index contributed by atoms with van der Waals surface area (Å²) in [6, 6.07) is -0.807. The maximum atomic E-state index is 12.3. The highest BCUT2D eigenvalue weighted by molar-refractivity contribution is 5.92. The third-order valence-electron chi connectivity index (χ3n) is 3.98. The van der Waals surface area contributed by atoms with Crippen molar-refractivity contribution >= 4 is 23.4 Å². The van der Waals surface area contributed by atoms with Gasteiger partial charge in [-0.15, -0.1) is 0 Å². The topological polar surface area (TPSA) is 104 Å². The van der Waals surface area contributed by atoms with Gasteiger partial charge in [0.1, 0.15) is 11.8 Å². The van der Waals surface area contributed by atoms with Crippen molar-refractivity contribution in [1.82, 2.24) is 16.0 Å². The Balaban J connectivity index is 4.75. The second-order valence-corrected chi connectivity index (χ2v) is 6.20. The molecule has 0 aliphatic carbocycles. The second-order valence-electron chi connectivity index (χ2n) is 6.20. The predicted octanol–water partition coefficient (Wildman–Crippen LogP) is 0.427. The smallest absolute Gasteiger partial charge is 0.223 e. The van der Waals surface area contributed by atoms with Gasteiger partial charge in [-0.05, 0) is 19.8 Å². The number of amides is 2. The van der Waals surface area contributed by atoms with Crippen molar-refractivity contribution in [3.05, 3.63) is 0 Å². The lowest BCUT2D eigenvalue weighted by molar-refractivity contribution is -0.130. The highest BCUT2D eigenvalue weighted by Crippen LogP contribution is 2.02.